The summed E-state index contributed by atoms with van der Waals surface area (Å²) in [6.07, 6.45) is 0. The molecule has 0 radical (unpaired) electrons. The van der Waals surface area contributed by atoms with Crippen LogP contribution in [0.5, 0.6) is 0 Å². The Morgan fingerprint density at radius 1 is 1.17 bits per heavy atom. The number of halogens is 2. The highest BCUT2D eigenvalue weighted by Crippen LogP contribution is 2.36. The molecule has 2 aromatic rings. The van der Waals surface area contributed by atoms with Crippen molar-refractivity contribution in [3.8, 4) is 0 Å². The number of ether oxygens (including phenoxy) is 3. The number of para-hydroxylation sites is 1. The number of aryl methyl sites for hydroxylation is 1. The van der Waals surface area contributed by atoms with Gasteiger partial charge in [-0.1, -0.05) is 41.4 Å². The van der Waals surface area contributed by atoms with Gasteiger partial charge < -0.3 is 24.8 Å². The molecule has 1 fully saturated rings. The molecule has 0 atom stereocenters. The minimum absolute atomic E-state index is 0.0877. The lowest BCUT2D eigenvalue weighted by atomic mass is 10.1. The van der Waals surface area contributed by atoms with E-state index in [0.717, 1.165) is 31.9 Å². The van der Waals surface area contributed by atoms with E-state index in [-0.39, 0.29) is 6.79 Å². The van der Waals surface area contributed by atoms with Crippen LogP contribution in [0.25, 0.3) is 0 Å². The minimum Gasteiger partial charge on any atom is -0.435 e. The summed E-state index contributed by atoms with van der Waals surface area (Å²) in [4.78, 5) is 12.2. The van der Waals surface area contributed by atoms with E-state index in [2.05, 4.69) is 10.6 Å². The molecule has 1 aliphatic rings. The van der Waals surface area contributed by atoms with E-state index in [9.17, 15) is 4.79 Å². The van der Waals surface area contributed by atoms with Crippen LogP contribution >= 0.6 is 23.2 Å². The molecule has 0 aliphatic carbocycles. The summed E-state index contributed by atoms with van der Waals surface area (Å²) >= 11 is 12.5. The number of morpholine rings is 1. The number of hydrogen-bond acceptors (Lipinski definition) is 6. The Morgan fingerprint density at radius 2 is 1.90 bits per heavy atom. The van der Waals surface area contributed by atoms with Gasteiger partial charge in [-0.05, 0) is 37.6 Å². The summed E-state index contributed by atoms with van der Waals surface area (Å²) in [5.74, 6) is -0.485. The Morgan fingerprint density at radius 3 is 2.52 bits per heavy atom. The third-order valence-corrected chi connectivity index (χ3v) is 4.82. The third kappa shape index (κ3) is 7.49. The van der Waals surface area contributed by atoms with Crippen molar-refractivity contribution in [2.45, 2.75) is 13.8 Å². The van der Waals surface area contributed by atoms with Gasteiger partial charge in [-0.3, -0.25) is 0 Å². The average Bonchev–Trinajstić information content (AvgIpc) is 2.76. The number of hydrogen-bond donors (Lipinski definition) is 2. The lowest BCUT2D eigenvalue weighted by Crippen LogP contribution is -2.30. The zero-order chi connectivity index (χ0) is 21.1. The molecule has 1 saturated heterocycles. The number of rotatable bonds is 6. The van der Waals surface area contributed by atoms with E-state index in [1.807, 2.05) is 19.9 Å². The molecular formula is C21H26Cl2N2O4. The van der Waals surface area contributed by atoms with E-state index >= 15 is 0 Å². The van der Waals surface area contributed by atoms with Gasteiger partial charge in [0.15, 0.2) is 6.79 Å². The van der Waals surface area contributed by atoms with Gasteiger partial charge in [0.1, 0.15) is 0 Å². The van der Waals surface area contributed by atoms with Crippen molar-refractivity contribution >= 4 is 40.5 Å². The number of nitrogens with one attached hydrogen (secondary N) is 2. The van der Waals surface area contributed by atoms with E-state index in [1.54, 1.807) is 30.3 Å². The SMILES string of the molecule is C1COCCN1.CCOCOC(=O)c1ccccc1Nc1c(Cl)ccc(C)c1Cl. The van der Waals surface area contributed by atoms with Gasteiger partial charge in [-0.15, -0.1) is 0 Å². The topological polar surface area (TPSA) is 68.8 Å². The fraction of sp³-hybridized carbons (Fsp3) is 0.381. The first-order chi connectivity index (χ1) is 14.0. The Kier molecular flexibility index (Phi) is 10.2. The van der Waals surface area contributed by atoms with Gasteiger partial charge in [0, 0.05) is 19.7 Å². The van der Waals surface area contributed by atoms with E-state index < -0.39 is 5.97 Å². The third-order valence-electron chi connectivity index (χ3n) is 4.01. The molecule has 6 nitrogen and oxygen atoms in total. The first kappa shape index (κ1) is 23.4. The molecule has 0 spiro atoms. The van der Waals surface area contributed by atoms with Gasteiger partial charge in [-0.25, -0.2) is 4.79 Å². The Bertz CT molecular complexity index is 787. The number of carbonyl (C=O) groups excluding carboxylic acids is 1. The molecule has 1 heterocycles. The largest absolute Gasteiger partial charge is 0.435 e. The van der Waals surface area contributed by atoms with Gasteiger partial charge in [-0.2, -0.15) is 0 Å². The van der Waals surface area contributed by atoms with Crippen molar-refractivity contribution in [2.24, 2.45) is 0 Å². The molecule has 0 aromatic heterocycles. The number of benzene rings is 2. The van der Waals surface area contributed by atoms with Crippen molar-refractivity contribution in [3.63, 3.8) is 0 Å². The molecule has 3 rings (SSSR count). The maximum atomic E-state index is 12.2. The van der Waals surface area contributed by atoms with Gasteiger partial charge in [0.2, 0.25) is 0 Å². The van der Waals surface area contributed by atoms with Crippen LogP contribution in [-0.2, 0) is 14.2 Å². The molecule has 0 amide bonds. The van der Waals surface area contributed by atoms with Crippen LogP contribution in [0.15, 0.2) is 36.4 Å². The van der Waals surface area contributed by atoms with Crippen LogP contribution in [0.2, 0.25) is 10.0 Å². The lowest BCUT2D eigenvalue weighted by Gasteiger charge is -2.15. The average molecular weight is 441 g/mol. The zero-order valence-electron chi connectivity index (χ0n) is 16.6. The van der Waals surface area contributed by atoms with Gasteiger partial charge in [0.05, 0.1) is 40.2 Å². The summed E-state index contributed by atoms with van der Waals surface area (Å²) in [5.41, 5.74) is 2.37. The van der Waals surface area contributed by atoms with E-state index in [4.69, 9.17) is 37.4 Å². The number of carbonyl (C=O) groups is 1. The van der Waals surface area contributed by atoms with Crippen molar-refractivity contribution in [3.05, 3.63) is 57.6 Å². The predicted molar refractivity (Wildman–Crippen MR) is 117 cm³/mol. The Hall–Kier alpha value is -1.83. The van der Waals surface area contributed by atoms with E-state index in [1.165, 1.54) is 0 Å². The van der Waals surface area contributed by atoms with Crippen molar-refractivity contribution in [1.29, 1.82) is 0 Å². The second-order valence-electron chi connectivity index (χ2n) is 6.13. The fourth-order valence-corrected chi connectivity index (χ4v) is 2.91. The maximum Gasteiger partial charge on any atom is 0.342 e. The van der Waals surface area contributed by atoms with Crippen LogP contribution in [0.3, 0.4) is 0 Å². The summed E-state index contributed by atoms with van der Waals surface area (Å²) in [5, 5.41) is 7.26. The van der Waals surface area contributed by atoms with E-state index in [0.29, 0.717) is 33.6 Å². The molecule has 0 bridgehead atoms. The quantitative estimate of drug-likeness (QED) is 0.381. The van der Waals surface area contributed by atoms with Crippen molar-refractivity contribution < 1.29 is 19.0 Å². The molecule has 2 aromatic carbocycles. The molecule has 0 unspecified atom stereocenters. The number of esters is 1. The predicted octanol–water partition coefficient (Wildman–Crippen LogP) is 4.80. The van der Waals surface area contributed by atoms with Crippen LogP contribution in [0.4, 0.5) is 11.4 Å². The zero-order valence-corrected chi connectivity index (χ0v) is 18.1. The molecule has 2 N–H and O–H groups in total. The van der Waals surface area contributed by atoms with Crippen molar-refractivity contribution in [2.75, 3.05) is 45.0 Å². The summed E-state index contributed by atoms with van der Waals surface area (Å²) in [7, 11) is 0. The Labute approximate surface area is 181 Å². The maximum absolute atomic E-state index is 12.2. The van der Waals surface area contributed by atoms with Gasteiger partial charge in [0.25, 0.3) is 0 Å². The molecule has 158 valence electrons. The monoisotopic (exact) mass is 440 g/mol. The molecule has 0 saturated carbocycles. The lowest BCUT2D eigenvalue weighted by molar-refractivity contribution is -0.0273. The fourth-order valence-electron chi connectivity index (χ4n) is 2.45. The minimum atomic E-state index is -0.485. The second kappa shape index (κ2) is 12.7. The highest BCUT2D eigenvalue weighted by Gasteiger charge is 2.15. The highest BCUT2D eigenvalue weighted by atomic mass is 35.5. The van der Waals surface area contributed by atoms with Crippen LogP contribution in [0.1, 0.15) is 22.8 Å². The van der Waals surface area contributed by atoms with Crippen LogP contribution in [-0.4, -0.2) is 45.7 Å². The van der Waals surface area contributed by atoms with Crippen LogP contribution in [0, 0.1) is 6.92 Å². The summed E-state index contributed by atoms with van der Waals surface area (Å²) < 4.78 is 15.1. The first-order valence-corrected chi connectivity index (χ1v) is 10.1. The highest BCUT2D eigenvalue weighted by molar-refractivity contribution is 6.39. The standard InChI is InChI=1S/C17H17Cl2NO3.C4H9NO/c1-3-22-10-23-17(21)12-6-4-5-7-14(12)20-16-13(18)9-8-11(2)15(16)19;1-3-6-4-2-5-1/h4-9,20H,3,10H2,1-2H3;5H,1-4H2. The molecular weight excluding hydrogens is 415 g/mol. The van der Waals surface area contributed by atoms with Crippen LogP contribution < -0.4 is 10.6 Å². The first-order valence-electron chi connectivity index (χ1n) is 9.38. The second-order valence-corrected chi connectivity index (χ2v) is 6.91. The summed E-state index contributed by atoms with van der Waals surface area (Å²) in [6.45, 7) is 7.93. The molecule has 8 heteroatoms. The smallest absolute Gasteiger partial charge is 0.342 e. The molecule has 29 heavy (non-hydrogen) atoms. The normalized spacial score (nSPS) is 13.2. The van der Waals surface area contributed by atoms with Crippen molar-refractivity contribution in [1.82, 2.24) is 5.32 Å². The van der Waals surface area contributed by atoms with Gasteiger partial charge >= 0.3 is 5.97 Å². The molecule has 1 aliphatic heterocycles. The number of anilines is 2. The summed E-state index contributed by atoms with van der Waals surface area (Å²) in [6, 6.07) is 10.6. The Balaban J connectivity index is 0.000000426.